The maximum Gasteiger partial charge on any atom is 0.122 e. The molecular weight excluding hydrogens is 236 g/mol. The van der Waals surface area contributed by atoms with Crippen LogP contribution in [0.4, 0.5) is 0 Å². The molecule has 1 saturated heterocycles. The zero-order valence-corrected chi connectivity index (χ0v) is 12.6. The molecule has 0 radical (unpaired) electrons. The van der Waals surface area contributed by atoms with Crippen molar-refractivity contribution < 1.29 is 4.74 Å². The second-order valence-electron chi connectivity index (χ2n) is 5.70. The van der Waals surface area contributed by atoms with Gasteiger partial charge in [-0.15, -0.1) is 0 Å². The zero-order valence-electron chi connectivity index (χ0n) is 12.6. The van der Waals surface area contributed by atoms with E-state index in [0.717, 1.165) is 38.5 Å². The average Bonchev–Trinajstić information content (AvgIpc) is 2.41. The quantitative estimate of drug-likeness (QED) is 0.902. The summed E-state index contributed by atoms with van der Waals surface area (Å²) in [5.74, 6) is 1.52. The van der Waals surface area contributed by atoms with Gasteiger partial charge in [0.1, 0.15) is 5.75 Å². The Hall–Kier alpha value is -1.06. The fourth-order valence-electron chi connectivity index (χ4n) is 2.65. The lowest BCUT2D eigenvalue weighted by Gasteiger charge is -2.28. The average molecular weight is 262 g/mol. The van der Waals surface area contributed by atoms with Gasteiger partial charge >= 0.3 is 0 Å². The summed E-state index contributed by atoms with van der Waals surface area (Å²) in [6.07, 6.45) is 0. The molecule has 3 heteroatoms. The van der Waals surface area contributed by atoms with Gasteiger partial charge in [-0.1, -0.05) is 19.9 Å². The Labute approximate surface area is 116 Å². The molecule has 1 fully saturated rings. The van der Waals surface area contributed by atoms with Crippen LogP contribution >= 0.6 is 0 Å². The van der Waals surface area contributed by atoms with Crippen LogP contribution in [-0.4, -0.2) is 38.2 Å². The van der Waals surface area contributed by atoms with Crippen molar-refractivity contribution >= 4 is 0 Å². The van der Waals surface area contributed by atoms with Crippen LogP contribution in [0.1, 0.15) is 36.5 Å². The topological polar surface area (TPSA) is 24.5 Å². The zero-order chi connectivity index (χ0) is 13.8. The van der Waals surface area contributed by atoms with E-state index in [1.54, 1.807) is 7.11 Å². The molecular formula is C16H26N2O. The number of benzene rings is 1. The Bertz CT molecular complexity index is 423. The fraction of sp³-hybridized carbons (Fsp3) is 0.625. The Kier molecular flexibility index (Phi) is 4.83. The monoisotopic (exact) mass is 262 g/mol. The maximum atomic E-state index is 5.51. The molecule has 1 aromatic rings. The number of nitrogens with one attached hydrogen (secondary N) is 1. The van der Waals surface area contributed by atoms with Gasteiger partial charge in [0.25, 0.3) is 0 Å². The van der Waals surface area contributed by atoms with Crippen LogP contribution < -0.4 is 10.1 Å². The number of methoxy groups -OCH3 is 1. The van der Waals surface area contributed by atoms with Crippen molar-refractivity contribution in [3.05, 3.63) is 28.8 Å². The van der Waals surface area contributed by atoms with Crippen LogP contribution in [-0.2, 0) is 6.54 Å². The Morgan fingerprint density at radius 2 is 1.95 bits per heavy atom. The third kappa shape index (κ3) is 3.48. The highest BCUT2D eigenvalue weighted by Crippen LogP contribution is 2.30. The van der Waals surface area contributed by atoms with Crippen LogP contribution in [0.3, 0.4) is 0 Å². The first-order valence-corrected chi connectivity index (χ1v) is 7.22. The summed E-state index contributed by atoms with van der Waals surface area (Å²) in [6, 6.07) is 4.52. The maximum absolute atomic E-state index is 5.51. The van der Waals surface area contributed by atoms with E-state index in [9.17, 15) is 0 Å². The molecule has 0 unspecified atom stereocenters. The molecule has 106 valence electrons. The number of piperazine rings is 1. The number of rotatable bonds is 4. The normalized spacial score (nSPS) is 16.9. The van der Waals surface area contributed by atoms with Crippen LogP contribution in [0.5, 0.6) is 5.75 Å². The van der Waals surface area contributed by atoms with Gasteiger partial charge in [0.2, 0.25) is 0 Å². The molecule has 1 aliphatic rings. The van der Waals surface area contributed by atoms with Gasteiger partial charge in [-0.2, -0.15) is 0 Å². The van der Waals surface area contributed by atoms with Crippen LogP contribution in [0, 0.1) is 6.92 Å². The van der Waals surface area contributed by atoms with Crippen molar-refractivity contribution in [2.75, 3.05) is 33.3 Å². The first-order chi connectivity index (χ1) is 9.11. The summed E-state index contributed by atoms with van der Waals surface area (Å²) in [4.78, 5) is 2.52. The van der Waals surface area contributed by atoms with Crippen molar-refractivity contribution in [2.45, 2.75) is 33.2 Å². The van der Waals surface area contributed by atoms with Crippen molar-refractivity contribution in [3.63, 3.8) is 0 Å². The molecule has 1 aliphatic heterocycles. The molecule has 19 heavy (non-hydrogen) atoms. The predicted octanol–water partition coefficient (Wildman–Crippen LogP) is 2.53. The minimum absolute atomic E-state index is 0.498. The molecule has 0 bridgehead atoms. The van der Waals surface area contributed by atoms with Crippen molar-refractivity contribution in [3.8, 4) is 5.75 Å². The molecule has 0 saturated carbocycles. The lowest BCUT2D eigenvalue weighted by molar-refractivity contribution is 0.232. The summed E-state index contributed by atoms with van der Waals surface area (Å²) < 4.78 is 5.51. The summed E-state index contributed by atoms with van der Waals surface area (Å²) in [7, 11) is 1.76. The van der Waals surface area contributed by atoms with Crippen molar-refractivity contribution in [2.24, 2.45) is 0 Å². The minimum atomic E-state index is 0.498. The molecule has 1 N–H and O–H groups in total. The summed E-state index contributed by atoms with van der Waals surface area (Å²) in [6.45, 7) is 12.2. The van der Waals surface area contributed by atoms with E-state index in [1.807, 2.05) is 0 Å². The first-order valence-electron chi connectivity index (χ1n) is 7.22. The van der Waals surface area contributed by atoms with E-state index in [4.69, 9.17) is 4.74 Å². The van der Waals surface area contributed by atoms with Gasteiger partial charge in [0.15, 0.2) is 0 Å². The van der Waals surface area contributed by atoms with Gasteiger partial charge < -0.3 is 10.1 Å². The van der Waals surface area contributed by atoms with E-state index in [1.165, 1.54) is 16.7 Å². The van der Waals surface area contributed by atoms with E-state index in [0.29, 0.717) is 5.92 Å². The van der Waals surface area contributed by atoms with E-state index < -0.39 is 0 Å². The molecule has 0 amide bonds. The number of ether oxygens (including phenoxy) is 1. The number of nitrogens with zero attached hydrogens (tertiary/aromatic N) is 1. The second kappa shape index (κ2) is 6.40. The largest absolute Gasteiger partial charge is 0.496 e. The van der Waals surface area contributed by atoms with Crippen LogP contribution in [0.15, 0.2) is 12.1 Å². The molecule has 0 spiro atoms. The van der Waals surface area contributed by atoms with E-state index in [2.05, 4.69) is 43.1 Å². The van der Waals surface area contributed by atoms with Crippen molar-refractivity contribution in [1.82, 2.24) is 10.2 Å². The molecule has 0 aromatic heterocycles. The third-order valence-electron chi connectivity index (χ3n) is 3.91. The minimum Gasteiger partial charge on any atom is -0.496 e. The van der Waals surface area contributed by atoms with Gasteiger partial charge in [0.05, 0.1) is 7.11 Å². The number of aryl methyl sites for hydroxylation is 1. The van der Waals surface area contributed by atoms with E-state index in [-0.39, 0.29) is 0 Å². The summed E-state index contributed by atoms with van der Waals surface area (Å²) in [5, 5.41) is 3.40. The Morgan fingerprint density at radius 1 is 1.26 bits per heavy atom. The third-order valence-corrected chi connectivity index (χ3v) is 3.91. The molecule has 0 atom stereocenters. The van der Waals surface area contributed by atoms with Gasteiger partial charge in [-0.25, -0.2) is 0 Å². The summed E-state index contributed by atoms with van der Waals surface area (Å²) in [5.41, 5.74) is 4.09. The standard InChI is InChI=1S/C16H26N2O/c1-12(2)15-10-14(13(3)9-16(15)19-4)11-18-7-5-17-6-8-18/h9-10,12,17H,5-8,11H2,1-4H3. The number of hydrogen-bond donors (Lipinski definition) is 1. The Morgan fingerprint density at radius 3 is 2.53 bits per heavy atom. The van der Waals surface area contributed by atoms with Crippen LogP contribution in [0.2, 0.25) is 0 Å². The first kappa shape index (κ1) is 14.4. The smallest absolute Gasteiger partial charge is 0.122 e. The highest BCUT2D eigenvalue weighted by molar-refractivity contribution is 5.43. The van der Waals surface area contributed by atoms with Crippen molar-refractivity contribution in [1.29, 1.82) is 0 Å². The highest BCUT2D eigenvalue weighted by Gasteiger charge is 2.15. The predicted molar refractivity (Wildman–Crippen MR) is 80.0 cm³/mol. The number of hydrogen-bond acceptors (Lipinski definition) is 3. The lowest BCUT2D eigenvalue weighted by Crippen LogP contribution is -2.43. The fourth-order valence-corrected chi connectivity index (χ4v) is 2.65. The molecule has 3 nitrogen and oxygen atoms in total. The van der Waals surface area contributed by atoms with Gasteiger partial charge in [-0.3, -0.25) is 4.90 Å². The highest BCUT2D eigenvalue weighted by atomic mass is 16.5. The van der Waals surface area contributed by atoms with Crippen LogP contribution in [0.25, 0.3) is 0 Å². The Balaban J connectivity index is 2.21. The lowest BCUT2D eigenvalue weighted by atomic mass is 9.96. The summed E-state index contributed by atoms with van der Waals surface area (Å²) >= 11 is 0. The molecule has 2 rings (SSSR count). The molecule has 1 aromatic carbocycles. The van der Waals surface area contributed by atoms with Gasteiger partial charge in [0, 0.05) is 32.7 Å². The van der Waals surface area contributed by atoms with Gasteiger partial charge in [-0.05, 0) is 35.6 Å². The molecule has 1 heterocycles. The SMILES string of the molecule is COc1cc(C)c(CN2CCNCC2)cc1C(C)C. The second-order valence-corrected chi connectivity index (χ2v) is 5.70. The molecule has 0 aliphatic carbocycles. The van der Waals surface area contributed by atoms with E-state index >= 15 is 0 Å².